The lowest BCUT2D eigenvalue weighted by atomic mass is 10.1. The highest BCUT2D eigenvalue weighted by atomic mass is 35.5. The van der Waals surface area contributed by atoms with Crippen molar-refractivity contribution in [2.24, 2.45) is 0 Å². The number of nitrogens with one attached hydrogen (secondary N) is 2. The number of nitrogens with zero attached hydrogens (tertiary/aromatic N) is 1. The number of carbonyl (C=O) groups excluding carboxylic acids is 2. The van der Waals surface area contributed by atoms with Crippen LogP contribution < -0.4 is 10.6 Å². The van der Waals surface area contributed by atoms with Gasteiger partial charge in [-0.05, 0) is 25.0 Å². The lowest BCUT2D eigenvalue weighted by Gasteiger charge is -2.12. The smallest absolute Gasteiger partial charge is 0.271 e. The van der Waals surface area contributed by atoms with Crippen molar-refractivity contribution in [2.75, 3.05) is 11.9 Å². The molecular formula is C16H14Cl3N3O2. The molecule has 0 aliphatic carbocycles. The van der Waals surface area contributed by atoms with E-state index in [1.807, 2.05) is 32.0 Å². The molecule has 0 aliphatic rings. The van der Waals surface area contributed by atoms with E-state index in [2.05, 4.69) is 15.6 Å². The topological polar surface area (TPSA) is 71.1 Å². The quantitative estimate of drug-likeness (QED) is 0.833. The summed E-state index contributed by atoms with van der Waals surface area (Å²) in [7, 11) is 0. The first kappa shape index (κ1) is 18.5. The molecule has 2 N–H and O–H groups in total. The second-order valence-corrected chi connectivity index (χ2v) is 6.24. The summed E-state index contributed by atoms with van der Waals surface area (Å²) in [5, 5.41) is 5.34. The van der Waals surface area contributed by atoms with Crippen LogP contribution in [0, 0.1) is 13.8 Å². The number of aryl methyl sites for hydroxylation is 2. The molecule has 2 rings (SSSR count). The fourth-order valence-electron chi connectivity index (χ4n) is 2.04. The molecule has 2 aromatic rings. The minimum atomic E-state index is -0.616. The molecule has 8 heteroatoms. The second-order valence-electron chi connectivity index (χ2n) is 5.08. The van der Waals surface area contributed by atoms with Crippen molar-refractivity contribution in [3.05, 3.63) is 56.3 Å². The van der Waals surface area contributed by atoms with Gasteiger partial charge in [0, 0.05) is 11.9 Å². The maximum absolute atomic E-state index is 12.1. The van der Waals surface area contributed by atoms with E-state index in [0.29, 0.717) is 0 Å². The summed E-state index contributed by atoms with van der Waals surface area (Å²) in [5.74, 6) is -0.979. The van der Waals surface area contributed by atoms with E-state index >= 15 is 0 Å². The van der Waals surface area contributed by atoms with Crippen molar-refractivity contribution in [1.82, 2.24) is 10.3 Å². The van der Waals surface area contributed by atoms with Crippen molar-refractivity contribution >= 4 is 52.3 Å². The summed E-state index contributed by atoms with van der Waals surface area (Å²) in [6, 6.07) is 5.68. The van der Waals surface area contributed by atoms with Gasteiger partial charge in [-0.3, -0.25) is 9.59 Å². The number of carbonyl (C=O) groups is 2. The Hall–Kier alpha value is -1.82. The van der Waals surface area contributed by atoms with Crippen LogP contribution in [0.4, 0.5) is 5.69 Å². The van der Waals surface area contributed by atoms with E-state index in [-0.39, 0.29) is 33.2 Å². The Balaban J connectivity index is 2.02. The SMILES string of the molecule is Cc1cccc(C)c1NC(=O)CNC(=O)c1ncc(Cl)c(Cl)c1Cl. The van der Waals surface area contributed by atoms with Crippen LogP contribution in [0.5, 0.6) is 0 Å². The van der Waals surface area contributed by atoms with Crippen LogP contribution in [0.25, 0.3) is 0 Å². The van der Waals surface area contributed by atoms with E-state index in [1.54, 1.807) is 0 Å². The molecule has 5 nitrogen and oxygen atoms in total. The minimum Gasteiger partial charge on any atom is -0.342 e. The number of hydrogen-bond acceptors (Lipinski definition) is 3. The zero-order valence-corrected chi connectivity index (χ0v) is 15.2. The zero-order chi connectivity index (χ0) is 17.9. The summed E-state index contributed by atoms with van der Waals surface area (Å²) in [5.41, 5.74) is 2.50. The fourth-order valence-corrected chi connectivity index (χ4v) is 2.61. The van der Waals surface area contributed by atoms with Crippen molar-refractivity contribution in [1.29, 1.82) is 0 Å². The van der Waals surface area contributed by atoms with Crippen LogP contribution in [-0.4, -0.2) is 23.3 Å². The van der Waals surface area contributed by atoms with Gasteiger partial charge in [-0.2, -0.15) is 0 Å². The number of benzene rings is 1. The van der Waals surface area contributed by atoms with Crippen LogP contribution in [0.1, 0.15) is 21.6 Å². The first-order valence-electron chi connectivity index (χ1n) is 6.95. The Morgan fingerprint density at radius 1 is 1.08 bits per heavy atom. The highest BCUT2D eigenvalue weighted by Gasteiger charge is 2.18. The van der Waals surface area contributed by atoms with Gasteiger partial charge in [0.05, 0.1) is 21.6 Å². The van der Waals surface area contributed by atoms with Gasteiger partial charge in [-0.25, -0.2) is 4.98 Å². The summed E-state index contributed by atoms with van der Waals surface area (Å²) in [6.45, 7) is 3.55. The molecule has 0 bridgehead atoms. The lowest BCUT2D eigenvalue weighted by molar-refractivity contribution is -0.115. The van der Waals surface area contributed by atoms with Crippen molar-refractivity contribution in [3.8, 4) is 0 Å². The third kappa shape index (κ3) is 4.17. The Bertz CT molecular complexity index is 789. The lowest BCUT2D eigenvalue weighted by Crippen LogP contribution is -2.33. The predicted octanol–water partition coefficient (Wildman–Crippen LogP) is 4.03. The second kappa shape index (κ2) is 7.83. The van der Waals surface area contributed by atoms with E-state index in [1.165, 1.54) is 6.20 Å². The standard InChI is InChI=1S/C16H14Cl3N3O2/c1-8-4-3-5-9(2)14(8)22-11(23)7-21-16(24)15-13(19)12(18)10(17)6-20-15/h3-6H,7H2,1-2H3,(H,21,24)(H,22,23). The summed E-state index contributed by atoms with van der Waals surface area (Å²) in [6.07, 6.45) is 1.22. The van der Waals surface area contributed by atoms with Gasteiger partial charge in [0.1, 0.15) is 5.69 Å². The van der Waals surface area contributed by atoms with Gasteiger partial charge in [-0.15, -0.1) is 0 Å². The van der Waals surface area contributed by atoms with Gasteiger partial charge in [0.25, 0.3) is 5.91 Å². The molecule has 1 aromatic heterocycles. The average Bonchev–Trinajstić information content (AvgIpc) is 2.54. The molecule has 2 amide bonds. The molecule has 1 aromatic carbocycles. The van der Waals surface area contributed by atoms with Crippen molar-refractivity contribution in [3.63, 3.8) is 0 Å². The van der Waals surface area contributed by atoms with E-state index in [4.69, 9.17) is 34.8 Å². The number of para-hydroxylation sites is 1. The molecule has 126 valence electrons. The Morgan fingerprint density at radius 2 is 1.71 bits per heavy atom. The first-order valence-corrected chi connectivity index (χ1v) is 8.08. The third-order valence-corrected chi connectivity index (χ3v) is 4.53. The maximum atomic E-state index is 12.1. The van der Waals surface area contributed by atoms with Gasteiger partial charge >= 0.3 is 0 Å². The van der Waals surface area contributed by atoms with Crippen LogP contribution in [0.2, 0.25) is 15.1 Å². The van der Waals surface area contributed by atoms with Crippen molar-refractivity contribution < 1.29 is 9.59 Å². The van der Waals surface area contributed by atoms with Crippen LogP contribution in [-0.2, 0) is 4.79 Å². The van der Waals surface area contributed by atoms with Gasteiger partial charge < -0.3 is 10.6 Å². The van der Waals surface area contributed by atoms with Crippen molar-refractivity contribution in [2.45, 2.75) is 13.8 Å². The first-order chi connectivity index (χ1) is 11.3. The summed E-state index contributed by atoms with van der Waals surface area (Å²) < 4.78 is 0. The molecule has 0 radical (unpaired) electrons. The predicted molar refractivity (Wildman–Crippen MR) is 96.1 cm³/mol. The van der Waals surface area contributed by atoms with Gasteiger partial charge in [0.2, 0.25) is 5.91 Å². The highest BCUT2D eigenvalue weighted by molar-refractivity contribution is 6.48. The number of hydrogen-bond donors (Lipinski definition) is 2. The summed E-state index contributed by atoms with van der Waals surface area (Å²) in [4.78, 5) is 27.9. The largest absolute Gasteiger partial charge is 0.342 e. The van der Waals surface area contributed by atoms with E-state index < -0.39 is 5.91 Å². The average molecular weight is 387 g/mol. The van der Waals surface area contributed by atoms with Crippen LogP contribution in [0.15, 0.2) is 24.4 Å². The van der Waals surface area contributed by atoms with E-state index in [0.717, 1.165) is 16.8 Å². The number of halogens is 3. The number of rotatable bonds is 4. The molecule has 0 aliphatic heterocycles. The van der Waals surface area contributed by atoms with Crippen LogP contribution >= 0.6 is 34.8 Å². The number of aromatic nitrogens is 1. The molecule has 0 unspecified atom stereocenters. The number of amides is 2. The zero-order valence-electron chi connectivity index (χ0n) is 12.9. The summed E-state index contributed by atoms with van der Waals surface area (Å²) >= 11 is 17.6. The van der Waals surface area contributed by atoms with Gasteiger partial charge in [0.15, 0.2) is 0 Å². The molecule has 0 atom stereocenters. The molecule has 0 saturated heterocycles. The Labute approximate surface area is 154 Å². The molecule has 0 spiro atoms. The number of anilines is 1. The number of pyridine rings is 1. The monoisotopic (exact) mass is 385 g/mol. The van der Waals surface area contributed by atoms with Crippen LogP contribution in [0.3, 0.4) is 0 Å². The Morgan fingerprint density at radius 3 is 2.33 bits per heavy atom. The molecule has 0 saturated carbocycles. The fraction of sp³-hybridized carbons (Fsp3) is 0.188. The molecule has 1 heterocycles. The normalized spacial score (nSPS) is 10.4. The Kier molecular flexibility index (Phi) is 6.04. The molecule has 24 heavy (non-hydrogen) atoms. The maximum Gasteiger partial charge on any atom is 0.271 e. The minimum absolute atomic E-state index is 0.0403. The van der Waals surface area contributed by atoms with Gasteiger partial charge in [-0.1, -0.05) is 53.0 Å². The molecule has 0 fully saturated rings. The van der Waals surface area contributed by atoms with E-state index in [9.17, 15) is 9.59 Å². The third-order valence-electron chi connectivity index (χ3n) is 3.29. The molecular weight excluding hydrogens is 373 g/mol. The highest BCUT2D eigenvalue weighted by Crippen LogP contribution is 2.30.